The maximum Gasteiger partial charge on any atom is 0.485 e. The predicted octanol–water partition coefficient (Wildman–Crippen LogP) is 4.39. The van der Waals surface area contributed by atoms with E-state index in [1.54, 1.807) is 0 Å². The van der Waals surface area contributed by atoms with Crippen molar-refractivity contribution in [2.24, 2.45) is 0 Å². The lowest BCUT2D eigenvalue weighted by atomic mass is 10.0. The van der Waals surface area contributed by atoms with E-state index in [-0.39, 0.29) is 0 Å². The molecule has 0 bridgehead atoms. The summed E-state index contributed by atoms with van der Waals surface area (Å²) in [5, 5.41) is -1.39. The minimum atomic E-state index is -4.69. The number of hydrogen-bond acceptors (Lipinski definition) is 2. The van der Waals surface area contributed by atoms with Crippen LogP contribution in [0.4, 0.5) is 45.3 Å². The Balaban J connectivity index is 2.31. The zero-order valence-electron chi connectivity index (χ0n) is 11.8. The highest BCUT2D eigenvalue weighted by Crippen LogP contribution is 2.45. The summed E-state index contributed by atoms with van der Waals surface area (Å²) in [6.45, 7) is 0. The standard InChI is InChI=1S/C14H2F9NO2/c15-6-3(5-7(16)9(18)11(20)10(19)8(5)17)1-2-4-12(6)24(23)13(25)14(21,22)26-4/h1-2H. The minimum absolute atomic E-state index is 0.326. The van der Waals surface area contributed by atoms with Crippen LogP contribution in [0.15, 0.2) is 12.1 Å². The fraction of sp³-hybridized carbons (Fsp3) is 0.0714. The van der Waals surface area contributed by atoms with Gasteiger partial charge >= 0.3 is 12.0 Å². The lowest BCUT2D eigenvalue weighted by Gasteiger charge is -2.28. The van der Waals surface area contributed by atoms with E-state index in [1.165, 1.54) is 0 Å². The Bertz CT molecular complexity index is 931. The average Bonchev–Trinajstić information content (AvgIpc) is 2.58. The van der Waals surface area contributed by atoms with E-state index in [1.807, 2.05) is 0 Å². The third-order valence-electron chi connectivity index (χ3n) is 3.42. The average molecular weight is 387 g/mol. The van der Waals surface area contributed by atoms with E-state index in [9.17, 15) is 44.4 Å². The number of carbonyl (C=O) groups excluding carboxylic acids is 1. The zero-order chi connectivity index (χ0) is 19.5. The van der Waals surface area contributed by atoms with Crippen LogP contribution in [-0.2, 0) is 4.79 Å². The van der Waals surface area contributed by atoms with Crippen LogP contribution < -0.4 is 9.86 Å². The molecule has 0 saturated carbocycles. The van der Waals surface area contributed by atoms with Crippen LogP contribution in [0, 0.1) is 34.9 Å². The van der Waals surface area contributed by atoms with Gasteiger partial charge in [0.25, 0.3) is 0 Å². The van der Waals surface area contributed by atoms with Crippen LogP contribution in [0.1, 0.15) is 0 Å². The SMILES string of the molecule is O=C1N(F)c2c(ccc(-c3c(F)c(F)c(F)c(F)c3F)c2F)OC1(F)F. The molecule has 0 saturated heterocycles. The highest BCUT2D eigenvalue weighted by atomic mass is 19.3. The normalized spacial score (nSPS) is 15.7. The molecule has 1 aliphatic rings. The van der Waals surface area contributed by atoms with Crippen molar-refractivity contribution in [3.63, 3.8) is 0 Å². The number of rotatable bonds is 1. The van der Waals surface area contributed by atoms with E-state index in [0.29, 0.717) is 12.1 Å². The summed E-state index contributed by atoms with van der Waals surface area (Å²) in [5.41, 5.74) is -4.76. The number of amides is 1. The minimum Gasteiger partial charge on any atom is -0.423 e. The molecular weight excluding hydrogens is 385 g/mol. The summed E-state index contributed by atoms with van der Waals surface area (Å²) in [7, 11) is 0. The van der Waals surface area contributed by atoms with E-state index >= 15 is 0 Å². The molecule has 0 fully saturated rings. The summed E-state index contributed by atoms with van der Waals surface area (Å²) in [6.07, 6.45) is -4.69. The summed E-state index contributed by atoms with van der Waals surface area (Å²) in [6, 6.07) is 0.699. The molecule has 0 radical (unpaired) electrons. The summed E-state index contributed by atoms with van der Waals surface area (Å²) in [4.78, 5) is 11.1. The van der Waals surface area contributed by atoms with E-state index < -0.39 is 74.6 Å². The molecule has 0 unspecified atom stereocenters. The van der Waals surface area contributed by atoms with Gasteiger partial charge in [-0.15, -0.1) is 5.12 Å². The second kappa shape index (κ2) is 5.54. The van der Waals surface area contributed by atoms with E-state index in [2.05, 4.69) is 4.74 Å². The highest BCUT2D eigenvalue weighted by Gasteiger charge is 2.53. The van der Waals surface area contributed by atoms with Gasteiger partial charge in [-0.3, -0.25) is 4.79 Å². The van der Waals surface area contributed by atoms with Crippen molar-refractivity contribution in [1.82, 2.24) is 0 Å². The Morgan fingerprint density at radius 2 is 1.31 bits per heavy atom. The van der Waals surface area contributed by atoms with Crippen LogP contribution in [-0.4, -0.2) is 12.0 Å². The maximum atomic E-state index is 14.4. The Hall–Kier alpha value is -2.92. The fourth-order valence-corrected chi connectivity index (χ4v) is 2.24. The zero-order valence-corrected chi connectivity index (χ0v) is 11.8. The number of anilines is 1. The van der Waals surface area contributed by atoms with Gasteiger partial charge in [0.15, 0.2) is 40.5 Å². The quantitative estimate of drug-likeness (QED) is 0.315. The van der Waals surface area contributed by atoms with Crippen molar-refractivity contribution in [2.45, 2.75) is 6.11 Å². The monoisotopic (exact) mass is 387 g/mol. The Kier molecular flexibility index (Phi) is 3.81. The molecule has 1 heterocycles. The highest BCUT2D eigenvalue weighted by molar-refractivity contribution is 5.99. The van der Waals surface area contributed by atoms with Gasteiger partial charge in [-0.25, -0.2) is 26.3 Å². The van der Waals surface area contributed by atoms with Crippen molar-refractivity contribution in [3.8, 4) is 16.9 Å². The first-order valence-electron chi connectivity index (χ1n) is 6.40. The Morgan fingerprint density at radius 1 is 0.808 bits per heavy atom. The molecule has 0 aromatic heterocycles. The summed E-state index contributed by atoms with van der Waals surface area (Å²) in [5.74, 6) is -18.2. The first-order chi connectivity index (χ1) is 12.0. The molecule has 1 aliphatic heterocycles. The third-order valence-corrected chi connectivity index (χ3v) is 3.42. The molecule has 0 aliphatic carbocycles. The van der Waals surface area contributed by atoms with Crippen molar-refractivity contribution in [3.05, 3.63) is 47.0 Å². The molecule has 138 valence electrons. The lowest BCUT2D eigenvalue weighted by Crippen LogP contribution is -2.47. The maximum absolute atomic E-state index is 14.4. The molecule has 2 aromatic carbocycles. The first kappa shape index (κ1) is 17.9. The van der Waals surface area contributed by atoms with Crippen molar-refractivity contribution >= 4 is 11.6 Å². The van der Waals surface area contributed by atoms with Gasteiger partial charge in [-0.2, -0.15) is 8.78 Å². The third kappa shape index (κ3) is 2.28. The lowest BCUT2D eigenvalue weighted by molar-refractivity contribution is -0.196. The Labute approximate surface area is 137 Å². The van der Waals surface area contributed by atoms with Gasteiger partial charge in [0.05, 0.1) is 5.56 Å². The van der Waals surface area contributed by atoms with Crippen molar-refractivity contribution in [1.29, 1.82) is 0 Å². The van der Waals surface area contributed by atoms with Crippen LogP contribution in [0.25, 0.3) is 11.1 Å². The first-order valence-corrected chi connectivity index (χ1v) is 6.40. The largest absolute Gasteiger partial charge is 0.485 e. The number of benzene rings is 2. The molecule has 3 rings (SSSR count). The smallest absolute Gasteiger partial charge is 0.423 e. The van der Waals surface area contributed by atoms with E-state index in [0.717, 1.165) is 0 Å². The molecule has 3 nitrogen and oxygen atoms in total. The second-order valence-electron chi connectivity index (χ2n) is 4.92. The van der Waals surface area contributed by atoms with Gasteiger partial charge < -0.3 is 4.74 Å². The van der Waals surface area contributed by atoms with Crippen molar-refractivity contribution < 1.29 is 49.1 Å². The molecule has 2 aromatic rings. The molecule has 0 atom stereocenters. The van der Waals surface area contributed by atoms with Crippen LogP contribution in [0.5, 0.6) is 5.75 Å². The van der Waals surface area contributed by atoms with Gasteiger partial charge in [-0.05, 0) is 12.1 Å². The molecule has 26 heavy (non-hydrogen) atoms. The van der Waals surface area contributed by atoms with Gasteiger partial charge in [0, 0.05) is 5.56 Å². The molecular formula is C14H2F9NO2. The number of alkyl halides is 2. The van der Waals surface area contributed by atoms with Crippen molar-refractivity contribution in [2.75, 3.05) is 5.12 Å². The summed E-state index contributed by atoms with van der Waals surface area (Å²) < 4.78 is 125. The number of nitrogens with zero attached hydrogens (tertiary/aromatic N) is 1. The second-order valence-corrected chi connectivity index (χ2v) is 4.92. The Morgan fingerprint density at radius 3 is 1.85 bits per heavy atom. The van der Waals surface area contributed by atoms with Crippen LogP contribution >= 0.6 is 0 Å². The molecule has 12 heteroatoms. The predicted molar refractivity (Wildman–Crippen MR) is 65.8 cm³/mol. The number of fused-ring (bicyclic) bond motifs is 1. The number of carbonyl (C=O) groups is 1. The fourth-order valence-electron chi connectivity index (χ4n) is 2.24. The van der Waals surface area contributed by atoms with Gasteiger partial charge in [-0.1, -0.05) is 4.48 Å². The van der Waals surface area contributed by atoms with Gasteiger partial charge in [0.2, 0.25) is 5.82 Å². The topological polar surface area (TPSA) is 29.5 Å². The molecule has 1 amide bonds. The molecule has 0 N–H and O–H groups in total. The van der Waals surface area contributed by atoms with Crippen LogP contribution in [0.2, 0.25) is 0 Å². The number of hydrogen-bond donors (Lipinski definition) is 0. The van der Waals surface area contributed by atoms with Gasteiger partial charge in [0.1, 0.15) is 0 Å². The van der Waals surface area contributed by atoms with Crippen LogP contribution in [0.3, 0.4) is 0 Å². The number of halogens is 9. The number of ether oxygens (including phenoxy) is 1. The summed E-state index contributed by atoms with van der Waals surface area (Å²) >= 11 is 0. The van der Waals surface area contributed by atoms with E-state index in [4.69, 9.17) is 0 Å². The molecule has 0 spiro atoms.